The van der Waals surface area contributed by atoms with Crippen LogP contribution in [0.2, 0.25) is 0 Å². The van der Waals surface area contributed by atoms with E-state index in [1.165, 1.54) is 0 Å². The van der Waals surface area contributed by atoms with Crippen molar-refractivity contribution in [3.8, 4) is 17.2 Å². The van der Waals surface area contributed by atoms with Gasteiger partial charge in [0.25, 0.3) is 0 Å². The van der Waals surface area contributed by atoms with Gasteiger partial charge < -0.3 is 15.2 Å². The van der Waals surface area contributed by atoms with Gasteiger partial charge in [0.15, 0.2) is 0 Å². The van der Waals surface area contributed by atoms with Crippen LogP contribution in [0.1, 0.15) is 10.4 Å². The van der Waals surface area contributed by atoms with E-state index < -0.39 is 5.91 Å². The van der Waals surface area contributed by atoms with Crippen molar-refractivity contribution in [2.45, 2.75) is 0 Å². The van der Waals surface area contributed by atoms with E-state index in [9.17, 15) is 4.79 Å². The van der Waals surface area contributed by atoms with Crippen LogP contribution in [0.4, 0.5) is 0 Å². The van der Waals surface area contributed by atoms with Gasteiger partial charge in [0, 0.05) is 11.6 Å². The number of hydrogen-bond acceptors (Lipinski definition) is 3. The molecule has 0 aliphatic heterocycles. The number of carbonyl (C=O) groups excluding carboxylic acids is 1. The normalized spacial score (nSPS) is 9.83. The van der Waals surface area contributed by atoms with Gasteiger partial charge in [0.05, 0.1) is 7.11 Å². The van der Waals surface area contributed by atoms with E-state index in [1.54, 1.807) is 37.4 Å². The van der Waals surface area contributed by atoms with Crippen molar-refractivity contribution in [2.75, 3.05) is 7.11 Å². The van der Waals surface area contributed by atoms with Crippen molar-refractivity contribution in [1.82, 2.24) is 0 Å². The van der Waals surface area contributed by atoms with E-state index in [-0.39, 0.29) is 0 Å². The van der Waals surface area contributed by atoms with Crippen LogP contribution in [0.5, 0.6) is 17.2 Å². The summed E-state index contributed by atoms with van der Waals surface area (Å²) in [5.41, 5.74) is 5.61. The summed E-state index contributed by atoms with van der Waals surface area (Å²) in [6.45, 7) is 0. The molecule has 0 heterocycles. The summed E-state index contributed by atoms with van der Waals surface area (Å²) >= 11 is 0. The molecule has 0 unspecified atom stereocenters. The Hall–Kier alpha value is -2.49. The highest BCUT2D eigenvalue weighted by Gasteiger charge is 2.02. The zero-order valence-electron chi connectivity index (χ0n) is 9.92. The molecule has 2 aromatic carbocycles. The molecule has 0 atom stereocenters. The molecule has 0 saturated heterocycles. The molecule has 0 bridgehead atoms. The molecule has 0 radical (unpaired) electrons. The molecule has 0 aliphatic rings. The Morgan fingerprint density at radius 3 is 2.28 bits per heavy atom. The first-order valence-corrected chi connectivity index (χ1v) is 5.41. The van der Waals surface area contributed by atoms with Crippen LogP contribution in [-0.2, 0) is 0 Å². The summed E-state index contributed by atoms with van der Waals surface area (Å²) < 4.78 is 10.7. The van der Waals surface area contributed by atoms with Crippen LogP contribution >= 0.6 is 0 Å². The highest BCUT2D eigenvalue weighted by atomic mass is 16.5. The number of primary amides is 1. The van der Waals surface area contributed by atoms with E-state index in [1.807, 2.05) is 18.2 Å². The summed E-state index contributed by atoms with van der Waals surface area (Å²) in [6, 6.07) is 13.9. The van der Waals surface area contributed by atoms with Gasteiger partial charge in [0.2, 0.25) is 5.91 Å². The molecule has 2 N–H and O–H groups in total. The number of ether oxygens (including phenoxy) is 2. The molecule has 92 valence electrons. The monoisotopic (exact) mass is 243 g/mol. The van der Waals surface area contributed by atoms with Crippen molar-refractivity contribution in [3.05, 3.63) is 54.1 Å². The Morgan fingerprint density at radius 1 is 1.00 bits per heavy atom. The third-order valence-electron chi connectivity index (χ3n) is 2.42. The fraction of sp³-hybridized carbons (Fsp3) is 0.0714. The molecule has 4 nitrogen and oxygen atoms in total. The smallest absolute Gasteiger partial charge is 0.248 e. The van der Waals surface area contributed by atoms with E-state index in [2.05, 4.69) is 0 Å². The van der Waals surface area contributed by atoms with E-state index in [0.29, 0.717) is 17.1 Å². The number of rotatable bonds is 4. The molecule has 0 spiro atoms. The van der Waals surface area contributed by atoms with E-state index in [4.69, 9.17) is 15.2 Å². The summed E-state index contributed by atoms with van der Waals surface area (Å²) in [7, 11) is 1.60. The lowest BCUT2D eigenvalue weighted by Crippen LogP contribution is -2.10. The lowest BCUT2D eigenvalue weighted by atomic mass is 10.2. The van der Waals surface area contributed by atoms with Gasteiger partial charge in [-0.25, -0.2) is 0 Å². The third kappa shape index (κ3) is 2.79. The van der Waals surface area contributed by atoms with Crippen LogP contribution in [0.15, 0.2) is 48.5 Å². The first-order valence-electron chi connectivity index (χ1n) is 5.41. The van der Waals surface area contributed by atoms with Gasteiger partial charge in [0.1, 0.15) is 17.2 Å². The highest BCUT2D eigenvalue weighted by Crippen LogP contribution is 2.25. The second-order valence-electron chi connectivity index (χ2n) is 3.67. The first-order chi connectivity index (χ1) is 8.69. The predicted octanol–water partition coefficient (Wildman–Crippen LogP) is 2.59. The number of amides is 1. The summed E-state index contributed by atoms with van der Waals surface area (Å²) in [5, 5.41) is 0. The topological polar surface area (TPSA) is 61.6 Å². The number of benzene rings is 2. The Morgan fingerprint density at radius 2 is 1.67 bits per heavy atom. The van der Waals surface area contributed by atoms with Crippen LogP contribution < -0.4 is 15.2 Å². The minimum atomic E-state index is -0.456. The average molecular weight is 243 g/mol. The minimum Gasteiger partial charge on any atom is -0.497 e. The molecule has 0 saturated carbocycles. The Balaban J connectivity index is 2.15. The van der Waals surface area contributed by atoms with Crippen molar-refractivity contribution in [1.29, 1.82) is 0 Å². The lowest BCUT2D eigenvalue weighted by Gasteiger charge is -2.07. The molecule has 0 aromatic heterocycles. The van der Waals surface area contributed by atoms with Crippen molar-refractivity contribution in [2.24, 2.45) is 5.73 Å². The van der Waals surface area contributed by atoms with Gasteiger partial charge >= 0.3 is 0 Å². The van der Waals surface area contributed by atoms with Crippen LogP contribution in [-0.4, -0.2) is 13.0 Å². The molecule has 0 fully saturated rings. The zero-order chi connectivity index (χ0) is 13.0. The SMILES string of the molecule is COc1cccc(Oc2ccc(C(N)=O)cc2)c1. The van der Waals surface area contributed by atoms with Crippen molar-refractivity contribution >= 4 is 5.91 Å². The highest BCUT2D eigenvalue weighted by molar-refractivity contribution is 5.92. The number of carbonyl (C=O) groups is 1. The molecular weight excluding hydrogens is 230 g/mol. The quantitative estimate of drug-likeness (QED) is 0.897. The Kier molecular flexibility index (Phi) is 3.48. The average Bonchev–Trinajstić information content (AvgIpc) is 2.39. The second kappa shape index (κ2) is 5.23. The molecule has 0 aliphatic carbocycles. The predicted molar refractivity (Wildman–Crippen MR) is 68.0 cm³/mol. The van der Waals surface area contributed by atoms with E-state index in [0.717, 1.165) is 5.75 Å². The standard InChI is InChI=1S/C14H13NO3/c1-17-12-3-2-4-13(9-12)18-11-7-5-10(6-8-11)14(15)16/h2-9H,1H3,(H2,15,16). The largest absolute Gasteiger partial charge is 0.497 e. The minimum absolute atomic E-state index is 0.452. The zero-order valence-corrected chi connectivity index (χ0v) is 9.92. The van der Waals surface area contributed by atoms with Crippen LogP contribution in [0, 0.1) is 0 Å². The lowest BCUT2D eigenvalue weighted by molar-refractivity contribution is 0.100. The maximum absolute atomic E-state index is 10.9. The molecule has 18 heavy (non-hydrogen) atoms. The molecular formula is C14H13NO3. The second-order valence-corrected chi connectivity index (χ2v) is 3.67. The summed E-state index contributed by atoms with van der Waals surface area (Å²) in [6.07, 6.45) is 0. The van der Waals surface area contributed by atoms with Gasteiger partial charge in [-0.3, -0.25) is 4.79 Å². The molecule has 4 heteroatoms. The first kappa shape index (κ1) is 12.0. The fourth-order valence-corrected chi connectivity index (χ4v) is 1.49. The van der Waals surface area contributed by atoms with E-state index >= 15 is 0 Å². The van der Waals surface area contributed by atoms with Gasteiger partial charge in [-0.2, -0.15) is 0 Å². The van der Waals surface area contributed by atoms with Crippen LogP contribution in [0.25, 0.3) is 0 Å². The summed E-state index contributed by atoms with van der Waals surface area (Å²) in [4.78, 5) is 10.9. The van der Waals surface area contributed by atoms with Crippen molar-refractivity contribution < 1.29 is 14.3 Å². The maximum Gasteiger partial charge on any atom is 0.248 e. The molecule has 1 amide bonds. The van der Waals surface area contributed by atoms with Gasteiger partial charge in [-0.15, -0.1) is 0 Å². The maximum atomic E-state index is 10.9. The Labute approximate surface area is 105 Å². The molecule has 2 rings (SSSR count). The number of hydrogen-bond donors (Lipinski definition) is 1. The molecule has 2 aromatic rings. The van der Waals surface area contributed by atoms with Gasteiger partial charge in [-0.1, -0.05) is 6.07 Å². The summed E-state index contributed by atoms with van der Waals surface area (Å²) in [5.74, 6) is 1.57. The third-order valence-corrected chi connectivity index (χ3v) is 2.42. The number of methoxy groups -OCH3 is 1. The van der Waals surface area contributed by atoms with Crippen molar-refractivity contribution in [3.63, 3.8) is 0 Å². The Bertz CT molecular complexity index is 549. The fourth-order valence-electron chi connectivity index (χ4n) is 1.49. The van der Waals surface area contributed by atoms with Gasteiger partial charge in [-0.05, 0) is 36.4 Å². The number of nitrogens with two attached hydrogens (primary N) is 1. The van der Waals surface area contributed by atoms with Crippen LogP contribution in [0.3, 0.4) is 0 Å².